The van der Waals surface area contributed by atoms with E-state index in [1.165, 1.54) is 11.8 Å². The van der Waals surface area contributed by atoms with E-state index in [0.717, 1.165) is 16.8 Å². The van der Waals surface area contributed by atoms with Gasteiger partial charge in [0.25, 0.3) is 5.91 Å². The van der Waals surface area contributed by atoms with E-state index in [1.54, 1.807) is 18.7 Å². The lowest BCUT2D eigenvalue weighted by molar-refractivity contribution is 0.0951. The number of nitrogens with zero attached hydrogens (tertiary/aromatic N) is 4. The summed E-state index contributed by atoms with van der Waals surface area (Å²) in [6.07, 6.45) is 5.02. The Morgan fingerprint density at radius 2 is 1.80 bits per heavy atom. The van der Waals surface area contributed by atoms with Gasteiger partial charge in [0.05, 0.1) is 12.0 Å². The summed E-state index contributed by atoms with van der Waals surface area (Å²) in [6.45, 7) is 0.454. The Labute approximate surface area is 211 Å². The lowest BCUT2D eigenvalue weighted by atomic mass is 10.1. The van der Waals surface area contributed by atoms with Crippen LogP contribution in [0.25, 0.3) is 17.3 Å². The molecular weight excluding hydrogens is 482 g/mol. The predicted octanol–water partition coefficient (Wildman–Crippen LogP) is 5.80. The van der Waals surface area contributed by atoms with Crippen molar-refractivity contribution >= 4 is 29.3 Å². The summed E-state index contributed by atoms with van der Waals surface area (Å²) in [7, 11) is 0. The Kier molecular flexibility index (Phi) is 6.92. The molecule has 0 radical (unpaired) electrons. The van der Waals surface area contributed by atoms with Gasteiger partial charge >= 0.3 is 0 Å². The van der Waals surface area contributed by atoms with Crippen LogP contribution < -0.4 is 5.32 Å². The number of hydrogen-bond donors (Lipinski definition) is 1. The first-order valence-corrected chi connectivity index (χ1v) is 12.2. The van der Waals surface area contributed by atoms with Crippen molar-refractivity contribution in [2.45, 2.75) is 17.5 Å². The van der Waals surface area contributed by atoms with E-state index in [4.69, 9.17) is 16.0 Å². The first-order chi connectivity index (χ1) is 17.2. The number of rotatable bonds is 8. The molecule has 1 amide bonds. The van der Waals surface area contributed by atoms with E-state index in [0.29, 0.717) is 39.6 Å². The minimum atomic E-state index is -0.121. The number of furan rings is 1. The van der Waals surface area contributed by atoms with Crippen LogP contribution in [0.1, 0.15) is 21.5 Å². The van der Waals surface area contributed by atoms with E-state index in [-0.39, 0.29) is 5.91 Å². The van der Waals surface area contributed by atoms with Crippen LogP contribution in [0.4, 0.5) is 0 Å². The number of nitrogens with one attached hydrogen (secondary N) is 1. The number of aromatic nitrogens is 4. The van der Waals surface area contributed by atoms with Crippen LogP contribution in [-0.4, -0.2) is 25.7 Å². The van der Waals surface area contributed by atoms with Crippen molar-refractivity contribution in [2.24, 2.45) is 0 Å². The summed E-state index contributed by atoms with van der Waals surface area (Å²) >= 11 is 7.78. The van der Waals surface area contributed by atoms with Crippen LogP contribution in [0.15, 0.2) is 101 Å². The highest BCUT2D eigenvalue weighted by molar-refractivity contribution is 7.98. The Morgan fingerprint density at radius 3 is 2.54 bits per heavy atom. The molecule has 1 N–H and O–H groups in total. The van der Waals surface area contributed by atoms with Gasteiger partial charge in [-0.3, -0.25) is 14.3 Å². The van der Waals surface area contributed by atoms with Gasteiger partial charge in [0.2, 0.25) is 5.82 Å². The molecule has 0 saturated carbocycles. The van der Waals surface area contributed by atoms with Crippen molar-refractivity contribution in [1.29, 1.82) is 0 Å². The third kappa shape index (κ3) is 5.45. The molecule has 0 fully saturated rings. The van der Waals surface area contributed by atoms with Gasteiger partial charge in [0.15, 0.2) is 10.9 Å². The van der Waals surface area contributed by atoms with Crippen molar-refractivity contribution in [1.82, 2.24) is 25.1 Å². The summed E-state index contributed by atoms with van der Waals surface area (Å²) in [5.41, 5.74) is 3.51. The number of thioether (sulfide) groups is 1. The van der Waals surface area contributed by atoms with Crippen LogP contribution in [-0.2, 0) is 12.3 Å². The van der Waals surface area contributed by atoms with Gasteiger partial charge in [-0.2, -0.15) is 0 Å². The SMILES string of the molecule is O=C(NCc1ccncc1)c1ccc(CSc2nnc(-c3ccco3)n2-c2cccc(Cl)c2)cc1. The average molecular weight is 502 g/mol. The molecule has 0 unspecified atom stereocenters. The topological polar surface area (TPSA) is 85.8 Å². The molecule has 9 heteroatoms. The highest BCUT2D eigenvalue weighted by Gasteiger charge is 2.18. The highest BCUT2D eigenvalue weighted by Crippen LogP contribution is 2.30. The number of hydrogen-bond acceptors (Lipinski definition) is 6. The number of halogens is 1. The van der Waals surface area contributed by atoms with Gasteiger partial charge in [-0.15, -0.1) is 10.2 Å². The van der Waals surface area contributed by atoms with Crippen LogP contribution >= 0.6 is 23.4 Å². The van der Waals surface area contributed by atoms with Gasteiger partial charge < -0.3 is 9.73 Å². The maximum Gasteiger partial charge on any atom is 0.251 e. The molecule has 5 rings (SSSR count). The molecule has 5 aromatic rings. The first kappa shape index (κ1) is 22.9. The number of amides is 1. The molecule has 0 spiro atoms. The van der Waals surface area contributed by atoms with Crippen LogP contribution in [0.2, 0.25) is 5.02 Å². The summed E-state index contributed by atoms with van der Waals surface area (Å²) in [6, 6.07) is 22.5. The zero-order valence-electron chi connectivity index (χ0n) is 18.5. The maximum absolute atomic E-state index is 12.5. The van der Waals surface area contributed by atoms with Crippen LogP contribution in [0.3, 0.4) is 0 Å². The maximum atomic E-state index is 12.5. The molecule has 35 heavy (non-hydrogen) atoms. The van der Waals surface area contributed by atoms with Crippen molar-refractivity contribution in [3.8, 4) is 17.3 Å². The normalized spacial score (nSPS) is 10.9. The monoisotopic (exact) mass is 501 g/mol. The van der Waals surface area contributed by atoms with Gasteiger partial charge in [-0.1, -0.05) is 41.6 Å². The van der Waals surface area contributed by atoms with E-state index in [2.05, 4.69) is 20.5 Å². The summed E-state index contributed by atoms with van der Waals surface area (Å²) < 4.78 is 7.49. The quantitative estimate of drug-likeness (QED) is 0.270. The Morgan fingerprint density at radius 1 is 0.971 bits per heavy atom. The average Bonchev–Trinajstić information content (AvgIpc) is 3.57. The largest absolute Gasteiger partial charge is 0.461 e. The fourth-order valence-electron chi connectivity index (χ4n) is 3.46. The van der Waals surface area contributed by atoms with Crippen molar-refractivity contribution in [2.75, 3.05) is 0 Å². The second-order valence-corrected chi connectivity index (χ2v) is 9.00. The summed E-state index contributed by atoms with van der Waals surface area (Å²) in [5, 5.41) is 13.0. The molecule has 3 aromatic heterocycles. The molecule has 7 nitrogen and oxygen atoms in total. The van der Waals surface area contributed by atoms with E-state index >= 15 is 0 Å². The lowest BCUT2D eigenvalue weighted by Crippen LogP contribution is -2.22. The van der Waals surface area contributed by atoms with Crippen molar-refractivity contribution < 1.29 is 9.21 Å². The molecule has 0 saturated heterocycles. The van der Waals surface area contributed by atoms with E-state index in [9.17, 15) is 4.79 Å². The second kappa shape index (κ2) is 10.6. The van der Waals surface area contributed by atoms with E-state index in [1.807, 2.05) is 77.4 Å². The molecule has 174 valence electrons. The lowest BCUT2D eigenvalue weighted by Gasteiger charge is -2.10. The predicted molar refractivity (Wildman–Crippen MR) is 135 cm³/mol. The number of carbonyl (C=O) groups excluding carboxylic acids is 1. The Balaban J connectivity index is 1.29. The molecule has 2 aromatic carbocycles. The van der Waals surface area contributed by atoms with Gasteiger partial charge in [-0.25, -0.2) is 0 Å². The third-order valence-corrected chi connectivity index (χ3v) is 6.46. The zero-order chi connectivity index (χ0) is 24.0. The van der Waals surface area contributed by atoms with E-state index < -0.39 is 0 Å². The molecule has 0 aliphatic heterocycles. The molecular formula is C26H20ClN5O2S. The summed E-state index contributed by atoms with van der Waals surface area (Å²) in [5.74, 6) is 1.74. The number of benzene rings is 2. The van der Waals surface area contributed by atoms with Crippen molar-refractivity contribution in [3.63, 3.8) is 0 Å². The third-order valence-electron chi connectivity index (χ3n) is 5.23. The smallest absolute Gasteiger partial charge is 0.251 e. The standard InChI is InChI=1S/C26H20ClN5O2S/c27-21-3-1-4-22(15-21)32-24(23-5-2-14-34-23)30-31-26(32)35-17-19-6-8-20(9-7-19)25(33)29-16-18-10-12-28-13-11-18/h1-15H,16-17H2,(H,29,33). The molecule has 0 aliphatic carbocycles. The fourth-order valence-corrected chi connectivity index (χ4v) is 4.55. The minimum absolute atomic E-state index is 0.121. The van der Waals surface area contributed by atoms with Crippen molar-refractivity contribution in [3.05, 3.63) is 113 Å². The van der Waals surface area contributed by atoms with Gasteiger partial charge in [-0.05, 0) is 65.7 Å². The minimum Gasteiger partial charge on any atom is -0.461 e. The molecule has 0 aliphatic rings. The molecule has 0 atom stereocenters. The zero-order valence-corrected chi connectivity index (χ0v) is 20.0. The van der Waals surface area contributed by atoms with Gasteiger partial charge in [0.1, 0.15) is 0 Å². The number of carbonyl (C=O) groups is 1. The van der Waals surface area contributed by atoms with Crippen LogP contribution in [0, 0.1) is 0 Å². The summed E-state index contributed by atoms with van der Waals surface area (Å²) in [4.78, 5) is 16.5. The Hall–Kier alpha value is -3.88. The first-order valence-electron chi connectivity index (χ1n) is 10.8. The Bertz CT molecular complexity index is 1420. The fraction of sp³-hybridized carbons (Fsp3) is 0.0769. The highest BCUT2D eigenvalue weighted by atomic mass is 35.5. The number of pyridine rings is 1. The second-order valence-electron chi connectivity index (χ2n) is 7.62. The molecule has 3 heterocycles. The van der Waals surface area contributed by atoms with Crippen LogP contribution in [0.5, 0.6) is 0 Å². The van der Waals surface area contributed by atoms with Gasteiger partial charge in [0, 0.05) is 35.3 Å². The molecule has 0 bridgehead atoms.